The molecule has 2 atom stereocenters. The van der Waals surface area contributed by atoms with E-state index < -0.39 is 11.6 Å². The van der Waals surface area contributed by atoms with Crippen LogP contribution < -0.4 is 15.5 Å². The Kier molecular flexibility index (Phi) is 6.99. The first kappa shape index (κ1) is 25.4. The molecule has 0 radical (unpaired) electrons. The van der Waals surface area contributed by atoms with Crippen molar-refractivity contribution in [3.63, 3.8) is 0 Å². The molecule has 2 N–H and O–H groups in total. The second-order valence-electron chi connectivity index (χ2n) is 10.7. The third kappa shape index (κ3) is 5.11. The zero-order valence-corrected chi connectivity index (χ0v) is 21.6. The van der Waals surface area contributed by atoms with Crippen molar-refractivity contribution in [3.8, 4) is 0 Å². The minimum atomic E-state index is -0.995. The van der Waals surface area contributed by atoms with Gasteiger partial charge in [-0.1, -0.05) is 25.0 Å². The van der Waals surface area contributed by atoms with Crippen molar-refractivity contribution in [2.45, 2.75) is 44.2 Å². The van der Waals surface area contributed by atoms with E-state index in [0.717, 1.165) is 43.8 Å². The van der Waals surface area contributed by atoms with Crippen LogP contribution in [0, 0.1) is 17.6 Å². The molecule has 1 aromatic heterocycles. The van der Waals surface area contributed by atoms with Gasteiger partial charge in [0.25, 0.3) is 5.91 Å². The Morgan fingerprint density at radius 3 is 2.67 bits per heavy atom. The van der Waals surface area contributed by atoms with E-state index in [0.29, 0.717) is 41.0 Å². The molecule has 202 valence electrons. The number of pyridine rings is 1. The Bertz CT molecular complexity index is 1380. The highest BCUT2D eigenvalue weighted by molar-refractivity contribution is 6.09. The predicted molar refractivity (Wildman–Crippen MR) is 145 cm³/mol. The van der Waals surface area contributed by atoms with Gasteiger partial charge in [0.05, 0.1) is 0 Å². The Hall–Kier alpha value is -3.85. The number of carbonyl (C=O) groups is 2. The predicted octanol–water partition coefficient (Wildman–Crippen LogP) is 5.30. The maximum absolute atomic E-state index is 14.3. The molecule has 3 heterocycles. The van der Waals surface area contributed by atoms with Gasteiger partial charge in [-0.15, -0.1) is 0 Å². The van der Waals surface area contributed by atoms with Crippen LogP contribution in [-0.4, -0.2) is 47.5 Å². The van der Waals surface area contributed by atoms with Gasteiger partial charge in [0, 0.05) is 84.5 Å². The van der Waals surface area contributed by atoms with Gasteiger partial charge < -0.3 is 15.5 Å². The van der Waals surface area contributed by atoms with Crippen molar-refractivity contribution in [2.75, 3.05) is 29.9 Å². The molecule has 39 heavy (non-hydrogen) atoms. The first-order valence-electron chi connectivity index (χ1n) is 13.6. The molecule has 1 saturated heterocycles. The van der Waals surface area contributed by atoms with Gasteiger partial charge in [0.2, 0.25) is 0 Å². The number of carbonyl (C=O) groups excluding carboxylic acids is 2. The number of nitrogens with zero attached hydrogens (tertiary/aromatic N) is 3. The van der Waals surface area contributed by atoms with E-state index >= 15 is 0 Å². The molecular formula is C30H31F2N5O2. The van der Waals surface area contributed by atoms with Crippen LogP contribution in [0.25, 0.3) is 0 Å². The molecule has 2 unspecified atom stereocenters. The zero-order chi connectivity index (χ0) is 26.9. The van der Waals surface area contributed by atoms with E-state index in [-0.39, 0.29) is 24.4 Å². The Balaban J connectivity index is 1.23. The topological polar surface area (TPSA) is 77.6 Å². The Morgan fingerprint density at radius 2 is 1.87 bits per heavy atom. The molecule has 2 aromatic carbocycles. The maximum Gasteiger partial charge on any atom is 0.319 e. The molecule has 2 aliphatic heterocycles. The lowest BCUT2D eigenvalue weighted by Gasteiger charge is -2.49. The van der Waals surface area contributed by atoms with Crippen LogP contribution in [0.15, 0.2) is 60.8 Å². The number of benzene rings is 2. The summed E-state index contributed by atoms with van der Waals surface area (Å²) in [5.74, 6) is -1.68. The fourth-order valence-electron chi connectivity index (χ4n) is 6.28. The number of nitrogens with one attached hydrogen (secondary N) is 2. The van der Waals surface area contributed by atoms with E-state index in [2.05, 4.69) is 26.6 Å². The standard InChI is InChI=1S/C30H31F2N5O2/c31-24-12-11-20(14-25(24)32)37(29(38)21-7-5-9-27-23(21)15-34-30(39)35-27)18-19-16-36(17-19)28-10-2-1-6-22(28)26-8-3-4-13-33-26/h3-5,7-9,11-14,19,22,28H,1-2,6,10,15-18H2,(H2,34,35,39). The highest BCUT2D eigenvalue weighted by Crippen LogP contribution is 2.39. The molecule has 7 nitrogen and oxygen atoms in total. The van der Waals surface area contributed by atoms with Crippen molar-refractivity contribution in [2.24, 2.45) is 5.92 Å². The summed E-state index contributed by atoms with van der Waals surface area (Å²) in [6.45, 7) is 2.24. The number of hydrogen-bond donors (Lipinski definition) is 2. The minimum absolute atomic E-state index is 0.186. The van der Waals surface area contributed by atoms with Crippen LogP contribution in [0.1, 0.15) is 53.2 Å². The maximum atomic E-state index is 14.3. The zero-order valence-electron chi connectivity index (χ0n) is 21.6. The second kappa shape index (κ2) is 10.7. The van der Waals surface area contributed by atoms with Crippen molar-refractivity contribution >= 4 is 23.3 Å². The molecule has 2 fully saturated rings. The molecule has 0 bridgehead atoms. The molecule has 9 heteroatoms. The number of fused-ring (bicyclic) bond motifs is 1. The number of aromatic nitrogens is 1. The average molecular weight is 532 g/mol. The molecular weight excluding hydrogens is 500 g/mol. The van der Waals surface area contributed by atoms with Gasteiger partial charge in [0.15, 0.2) is 11.6 Å². The Labute approximate surface area is 226 Å². The molecule has 3 amide bonds. The summed E-state index contributed by atoms with van der Waals surface area (Å²) in [7, 11) is 0. The molecule has 3 aliphatic rings. The summed E-state index contributed by atoms with van der Waals surface area (Å²) in [4.78, 5) is 34.4. The fraction of sp³-hybridized carbons (Fsp3) is 0.367. The van der Waals surface area contributed by atoms with Crippen LogP contribution in [0.5, 0.6) is 0 Å². The average Bonchev–Trinajstić information content (AvgIpc) is 2.94. The molecule has 3 aromatic rings. The lowest BCUT2D eigenvalue weighted by Crippen LogP contribution is -2.58. The fourth-order valence-corrected chi connectivity index (χ4v) is 6.28. The first-order valence-corrected chi connectivity index (χ1v) is 13.6. The second-order valence-corrected chi connectivity index (χ2v) is 10.7. The van der Waals surface area contributed by atoms with Crippen molar-refractivity contribution in [3.05, 3.63) is 89.2 Å². The van der Waals surface area contributed by atoms with Gasteiger partial charge in [-0.25, -0.2) is 13.6 Å². The number of likely N-dealkylation sites (tertiary alicyclic amines) is 1. The smallest absolute Gasteiger partial charge is 0.319 e. The van der Waals surface area contributed by atoms with E-state index in [9.17, 15) is 18.4 Å². The van der Waals surface area contributed by atoms with Gasteiger partial charge in [-0.3, -0.25) is 14.7 Å². The van der Waals surface area contributed by atoms with Crippen LogP contribution in [0.3, 0.4) is 0 Å². The van der Waals surface area contributed by atoms with Crippen molar-refractivity contribution in [1.82, 2.24) is 15.2 Å². The summed E-state index contributed by atoms with van der Waals surface area (Å²) < 4.78 is 28.1. The SMILES string of the molecule is O=C1NCc2c(cccc2C(=O)N(CC2CN(C3CCCCC3c3ccccn3)C2)c2ccc(F)c(F)c2)N1. The molecule has 1 saturated carbocycles. The number of urea groups is 1. The van der Waals surface area contributed by atoms with Crippen molar-refractivity contribution in [1.29, 1.82) is 0 Å². The van der Waals surface area contributed by atoms with Crippen LogP contribution in [0.4, 0.5) is 25.0 Å². The summed E-state index contributed by atoms with van der Waals surface area (Å²) in [6, 6.07) is 14.9. The van der Waals surface area contributed by atoms with E-state index in [4.69, 9.17) is 0 Å². The highest BCUT2D eigenvalue weighted by Gasteiger charge is 2.40. The summed E-state index contributed by atoms with van der Waals surface area (Å²) in [6.07, 6.45) is 6.48. The third-order valence-corrected chi connectivity index (χ3v) is 8.23. The number of rotatable bonds is 6. The van der Waals surface area contributed by atoms with Crippen molar-refractivity contribution < 1.29 is 18.4 Å². The van der Waals surface area contributed by atoms with Gasteiger partial charge >= 0.3 is 6.03 Å². The monoisotopic (exact) mass is 531 g/mol. The van der Waals surface area contributed by atoms with Crippen LogP contribution in [0.2, 0.25) is 0 Å². The first-order chi connectivity index (χ1) is 19.0. The largest absolute Gasteiger partial charge is 0.334 e. The van der Waals surface area contributed by atoms with E-state index in [1.807, 2.05) is 18.3 Å². The number of anilines is 2. The lowest BCUT2D eigenvalue weighted by molar-refractivity contribution is 0.0265. The van der Waals surface area contributed by atoms with Gasteiger partial charge in [-0.05, 0) is 49.2 Å². The normalized spacial score (nSPS) is 21.3. The molecule has 1 aliphatic carbocycles. The number of hydrogen-bond acceptors (Lipinski definition) is 4. The quantitative estimate of drug-likeness (QED) is 0.453. The van der Waals surface area contributed by atoms with Gasteiger partial charge in [-0.2, -0.15) is 0 Å². The summed E-state index contributed by atoms with van der Waals surface area (Å²) in [5.41, 5.74) is 3.11. The summed E-state index contributed by atoms with van der Waals surface area (Å²) >= 11 is 0. The molecule has 6 rings (SSSR count). The van der Waals surface area contributed by atoms with E-state index in [1.54, 1.807) is 23.1 Å². The number of amides is 3. The Morgan fingerprint density at radius 1 is 1.03 bits per heavy atom. The van der Waals surface area contributed by atoms with Crippen LogP contribution >= 0.6 is 0 Å². The van der Waals surface area contributed by atoms with E-state index in [1.165, 1.54) is 18.9 Å². The highest BCUT2D eigenvalue weighted by atomic mass is 19.2. The third-order valence-electron chi connectivity index (χ3n) is 8.23. The number of halogens is 2. The van der Waals surface area contributed by atoms with Gasteiger partial charge in [0.1, 0.15) is 0 Å². The lowest BCUT2D eigenvalue weighted by atomic mass is 9.79. The molecule has 0 spiro atoms. The summed E-state index contributed by atoms with van der Waals surface area (Å²) in [5, 5.41) is 5.44. The minimum Gasteiger partial charge on any atom is -0.334 e. The van der Waals surface area contributed by atoms with Crippen LogP contribution in [-0.2, 0) is 6.54 Å².